The second-order valence-electron chi connectivity index (χ2n) is 7.40. The fraction of sp³-hybridized carbons (Fsp3) is 0.500. The summed E-state index contributed by atoms with van der Waals surface area (Å²) in [4.78, 5) is 3.53. The Kier molecular flexibility index (Phi) is 6.06. The summed E-state index contributed by atoms with van der Waals surface area (Å²) in [6.45, 7) is 7.89. The van der Waals surface area contributed by atoms with Gasteiger partial charge in [-0.15, -0.1) is 0 Å². The highest BCUT2D eigenvalue weighted by molar-refractivity contribution is 6.62. The monoisotopic (exact) mass is 386 g/mol. The SMILES string of the molecule is CC(N)=C(C=NCC(F)F)c1ccc(B2OC(C)(C)C(C)(C)O2)c(F)c1F. The molecule has 0 unspecified atom stereocenters. The quantitative estimate of drug-likeness (QED) is 0.480. The van der Waals surface area contributed by atoms with Gasteiger partial charge in [-0.3, -0.25) is 4.99 Å². The first-order valence-electron chi connectivity index (χ1n) is 8.45. The molecule has 4 nitrogen and oxygen atoms in total. The summed E-state index contributed by atoms with van der Waals surface area (Å²) in [5, 5.41) is 0. The van der Waals surface area contributed by atoms with Crippen molar-refractivity contribution in [1.29, 1.82) is 0 Å². The maximum Gasteiger partial charge on any atom is 0.497 e. The van der Waals surface area contributed by atoms with Crippen molar-refractivity contribution in [2.75, 3.05) is 6.54 Å². The second kappa shape index (κ2) is 7.63. The van der Waals surface area contributed by atoms with Gasteiger partial charge in [-0.05, 0) is 34.6 Å². The van der Waals surface area contributed by atoms with Crippen molar-refractivity contribution in [2.45, 2.75) is 52.2 Å². The summed E-state index contributed by atoms with van der Waals surface area (Å²) in [5.41, 5.74) is 4.17. The smallest absolute Gasteiger partial charge is 0.402 e. The highest BCUT2D eigenvalue weighted by Crippen LogP contribution is 2.37. The molecule has 2 N–H and O–H groups in total. The highest BCUT2D eigenvalue weighted by atomic mass is 19.3. The van der Waals surface area contributed by atoms with Gasteiger partial charge in [-0.25, -0.2) is 17.6 Å². The first-order chi connectivity index (χ1) is 12.4. The summed E-state index contributed by atoms with van der Waals surface area (Å²) in [6, 6.07) is 2.64. The molecule has 0 atom stereocenters. The Bertz CT molecular complexity index is 759. The maximum atomic E-state index is 14.7. The summed E-state index contributed by atoms with van der Waals surface area (Å²) in [7, 11) is -1.07. The lowest BCUT2D eigenvalue weighted by Crippen LogP contribution is -2.41. The minimum absolute atomic E-state index is 0.0347. The molecule has 0 amide bonds. The van der Waals surface area contributed by atoms with Crippen molar-refractivity contribution in [3.05, 3.63) is 35.0 Å². The van der Waals surface area contributed by atoms with Crippen LogP contribution in [0.25, 0.3) is 5.57 Å². The molecule has 148 valence electrons. The third-order valence-corrected chi connectivity index (χ3v) is 4.80. The lowest BCUT2D eigenvalue weighted by atomic mass is 9.77. The molecule has 0 spiro atoms. The van der Waals surface area contributed by atoms with E-state index in [1.54, 1.807) is 27.7 Å². The van der Waals surface area contributed by atoms with Crippen LogP contribution in [0.2, 0.25) is 0 Å². The van der Waals surface area contributed by atoms with Gasteiger partial charge in [-0.2, -0.15) is 0 Å². The minimum atomic E-state index is -2.65. The van der Waals surface area contributed by atoms with Gasteiger partial charge in [0.05, 0.1) is 17.7 Å². The van der Waals surface area contributed by atoms with E-state index in [9.17, 15) is 17.6 Å². The molecule has 1 aromatic carbocycles. The molecule has 0 aromatic heterocycles. The van der Waals surface area contributed by atoms with Gasteiger partial charge in [0.25, 0.3) is 6.43 Å². The zero-order valence-corrected chi connectivity index (χ0v) is 15.9. The van der Waals surface area contributed by atoms with Gasteiger partial charge in [0.2, 0.25) is 0 Å². The highest BCUT2D eigenvalue weighted by Gasteiger charge is 2.52. The molecular formula is C18H23BF4N2O2. The normalized spacial score (nSPS) is 19.9. The summed E-state index contributed by atoms with van der Waals surface area (Å²) >= 11 is 0. The van der Waals surface area contributed by atoms with E-state index >= 15 is 0 Å². The fourth-order valence-electron chi connectivity index (χ4n) is 2.53. The van der Waals surface area contributed by atoms with Crippen LogP contribution >= 0.6 is 0 Å². The van der Waals surface area contributed by atoms with Gasteiger partial charge >= 0.3 is 7.12 Å². The average Bonchev–Trinajstić information content (AvgIpc) is 2.74. The van der Waals surface area contributed by atoms with Crippen molar-refractivity contribution in [3.8, 4) is 0 Å². The minimum Gasteiger partial charge on any atom is -0.402 e. The number of nitrogens with two attached hydrogens (primary N) is 1. The number of halogens is 4. The molecular weight excluding hydrogens is 363 g/mol. The number of hydrogen-bond acceptors (Lipinski definition) is 4. The van der Waals surface area contributed by atoms with E-state index in [-0.39, 0.29) is 22.3 Å². The molecule has 1 saturated heterocycles. The van der Waals surface area contributed by atoms with Crippen molar-refractivity contribution in [1.82, 2.24) is 0 Å². The standard InChI is InChI=1S/C18H23BF4N2O2/c1-10(24)12(8-25-9-14(20)21)11-6-7-13(16(23)15(11)22)19-26-17(2,3)18(4,5)27-19/h6-8,14H,9,24H2,1-5H3. The zero-order valence-electron chi connectivity index (χ0n) is 15.9. The average molecular weight is 386 g/mol. The summed E-state index contributed by atoms with van der Waals surface area (Å²) in [6.07, 6.45) is -1.62. The van der Waals surface area contributed by atoms with Crippen LogP contribution in [0.1, 0.15) is 40.2 Å². The van der Waals surface area contributed by atoms with E-state index in [1.807, 2.05) is 0 Å². The number of allylic oxidation sites excluding steroid dienone is 2. The van der Waals surface area contributed by atoms with Gasteiger partial charge in [0, 0.05) is 28.5 Å². The van der Waals surface area contributed by atoms with E-state index in [0.29, 0.717) is 0 Å². The summed E-state index contributed by atoms with van der Waals surface area (Å²) < 4.78 is 65.5. The van der Waals surface area contributed by atoms with Crippen LogP contribution in [-0.4, -0.2) is 37.5 Å². The zero-order chi connectivity index (χ0) is 20.6. The second-order valence-corrected chi connectivity index (χ2v) is 7.40. The molecule has 1 aliphatic rings. The van der Waals surface area contributed by atoms with Crippen LogP contribution in [0.15, 0.2) is 22.8 Å². The number of aliphatic imine (C=N–C) groups is 1. The van der Waals surface area contributed by atoms with Crippen molar-refractivity contribution < 1.29 is 26.9 Å². The third-order valence-electron chi connectivity index (χ3n) is 4.80. The molecule has 2 rings (SSSR count). The third kappa shape index (κ3) is 4.35. The fourth-order valence-corrected chi connectivity index (χ4v) is 2.53. The Morgan fingerprint density at radius 1 is 1.15 bits per heavy atom. The van der Waals surface area contributed by atoms with Gasteiger partial charge in [-0.1, -0.05) is 12.1 Å². The topological polar surface area (TPSA) is 56.8 Å². The number of alkyl halides is 2. The lowest BCUT2D eigenvalue weighted by molar-refractivity contribution is 0.00578. The van der Waals surface area contributed by atoms with Crippen molar-refractivity contribution >= 4 is 24.4 Å². The van der Waals surface area contributed by atoms with Crippen LogP contribution in [-0.2, 0) is 9.31 Å². The number of hydrogen-bond donors (Lipinski definition) is 1. The molecule has 9 heteroatoms. The largest absolute Gasteiger partial charge is 0.497 e. The molecule has 0 radical (unpaired) electrons. The molecule has 1 heterocycles. The van der Waals surface area contributed by atoms with Crippen LogP contribution in [0.4, 0.5) is 17.6 Å². The van der Waals surface area contributed by atoms with Gasteiger partial charge in [0.15, 0.2) is 11.6 Å². The first-order valence-corrected chi connectivity index (χ1v) is 8.45. The van der Waals surface area contributed by atoms with E-state index in [1.165, 1.54) is 19.1 Å². The van der Waals surface area contributed by atoms with E-state index in [0.717, 1.165) is 6.21 Å². The van der Waals surface area contributed by atoms with Crippen molar-refractivity contribution in [2.24, 2.45) is 10.7 Å². The first kappa shape index (κ1) is 21.4. The van der Waals surface area contributed by atoms with Crippen LogP contribution in [0.5, 0.6) is 0 Å². The number of nitrogens with zero attached hydrogens (tertiary/aromatic N) is 1. The Labute approximate surface area is 156 Å². The van der Waals surface area contributed by atoms with Crippen molar-refractivity contribution in [3.63, 3.8) is 0 Å². The molecule has 1 aromatic rings. The van der Waals surface area contributed by atoms with Crippen LogP contribution < -0.4 is 11.2 Å². The van der Waals surface area contributed by atoms with E-state index in [4.69, 9.17) is 15.0 Å². The maximum absolute atomic E-state index is 14.7. The van der Waals surface area contributed by atoms with Gasteiger partial charge in [0.1, 0.15) is 0 Å². The lowest BCUT2D eigenvalue weighted by Gasteiger charge is -2.32. The van der Waals surface area contributed by atoms with Gasteiger partial charge < -0.3 is 15.0 Å². The molecule has 0 saturated carbocycles. The summed E-state index contributed by atoms with van der Waals surface area (Å²) in [5.74, 6) is -2.32. The Morgan fingerprint density at radius 2 is 1.70 bits per heavy atom. The molecule has 0 bridgehead atoms. The Morgan fingerprint density at radius 3 is 2.19 bits per heavy atom. The van der Waals surface area contributed by atoms with Crippen LogP contribution in [0, 0.1) is 11.6 Å². The molecule has 1 fully saturated rings. The predicted octanol–water partition coefficient (Wildman–Crippen LogP) is 3.29. The Balaban J connectivity index is 2.40. The molecule has 27 heavy (non-hydrogen) atoms. The number of benzene rings is 1. The molecule has 0 aliphatic carbocycles. The number of rotatable bonds is 5. The van der Waals surface area contributed by atoms with Crippen LogP contribution in [0.3, 0.4) is 0 Å². The molecule has 1 aliphatic heterocycles. The predicted molar refractivity (Wildman–Crippen MR) is 98.2 cm³/mol. The van der Waals surface area contributed by atoms with E-state index < -0.39 is 42.9 Å². The van der Waals surface area contributed by atoms with E-state index in [2.05, 4.69) is 4.99 Å². The Hall–Kier alpha value is -1.87.